The zero-order chi connectivity index (χ0) is 18.0. The molecule has 5 heteroatoms. The van der Waals surface area contributed by atoms with E-state index < -0.39 is 10.0 Å². The highest BCUT2D eigenvalue weighted by Crippen LogP contribution is 2.35. The fourth-order valence-corrected chi connectivity index (χ4v) is 5.75. The second-order valence-electron chi connectivity index (χ2n) is 7.33. The summed E-state index contributed by atoms with van der Waals surface area (Å²) < 4.78 is 33.6. The Labute approximate surface area is 155 Å². The van der Waals surface area contributed by atoms with Crippen molar-refractivity contribution in [2.75, 3.05) is 19.0 Å². The van der Waals surface area contributed by atoms with Crippen molar-refractivity contribution in [1.29, 1.82) is 0 Å². The van der Waals surface area contributed by atoms with E-state index in [2.05, 4.69) is 35.1 Å². The lowest BCUT2D eigenvalue weighted by Crippen LogP contribution is -2.34. The second-order valence-corrected chi connectivity index (χ2v) is 9.12. The van der Waals surface area contributed by atoms with E-state index in [1.54, 1.807) is 0 Å². The predicted molar refractivity (Wildman–Crippen MR) is 103 cm³/mol. The van der Waals surface area contributed by atoms with E-state index in [1.165, 1.54) is 5.56 Å². The summed E-state index contributed by atoms with van der Waals surface area (Å²) in [5.74, 6) is 0.415. The standard InChI is InChI=1S/C21H25NO3S/c23-26(24,15-16-10-12-25-13-11-16)22-21-9-8-18-6-7-19(14-20(18)21)17-4-2-1-3-5-17/h1-7,14,16,21-22H,8-13,15H2/t21-/m1/s1. The van der Waals surface area contributed by atoms with Crippen LogP contribution in [0.2, 0.25) is 0 Å². The highest BCUT2D eigenvalue weighted by molar-refractivity contribution is 7.89. The van der Waals surface area contributed by atoms with Gasteiger partial charge in [-0.25, -0.2) is 13.1 Å². The Morgan fingerprint density at radius 1 is 0.962 bits per heavy atom. The number of rotatable bonds is 5. The first-order chi connectivity index (χ1) is 12.6. The molecule has 1 fully saturated rings. The molecule has 0 radical (unpaired) electrons. The average molecular weight is 372 g/mol. The Bertz CT molecular complexity index is 858. The third-order valence-electron chi connectivity index (χ3n) is 5.45. The molecule has 0 saturated carbocycles. The van der Waals surface area contributed by atoms with Gasteiger partial charge in [0.05, 0.1) is 5.75 Å². The molecule has 0 spiro atoms. The molecule has 1 heterocycles. The van der Waals surface area contributed by atoms with Gasteiger partial charge < -0.3 is 4.74 Å². The molecule has 0 unspecified atom stereocenters. The molecule has 138 valence electrons. The van der Waals surface area contributed by atoms with E-state index in [4.69, 9.17) is 4.74 Å². The van der Waals surface area contributed by atoms with Crippen LogP contribution in [0, 0.1) is 5.92 Å². The molecule has 0 bridgehead atoms. The van der Waals surface area contributed by atoms with Gasteiger partial charge in [-0.2, -0.15) is 0 Å². The number of ether oxygens (including phenoxy) is 1. The van der Waals surface area contributed by atoms with E-state index >= 15 is 0 Å². The SMILES string of the molecule is O=S(=O)(CC1CCOCC1)N[C@@H]1CCc2ccc(-c3ccccc3)cc21. The Balaban J connectivity index is 1.51. The number of sulfonamides is 1. The largest absolute Gasteiger partial charge is 0.381 e. The minimum atomic E-state index is -3.29. The van der Waals surface area contributed by atoms with Crippen LogP contribution in [0.3, 0.4) is 0 Å². The number of aryl methyl sites for hydroxylation is 1. The third kappa shape index (κ3) is 4.00. The molecule has 1 N–H and O–H groups in total. The van der Waals surface area contributed by atoms with Crippen molar-refractivity contribution in [2.24, 2.45) is 5.92 Å². The summed E-state index contributed by atoms with van der Waals surface area (Å²) in [4.78, 5) is 0. The highest BCUT2D eigenvalue weighted by Gasteiger charge is 2.29. The maximum Gasteiger partial charge on any atom is 0.212 e. The van der Waals surface area contributed by atoms with Gasteiger partial charge >= 0.3 is 0 Å². The lowest BCUT2D eigenvalue weighted by Gasteiger charge is -2.23. The number of fused-ring (bicyclic) bond motifs is 1. The summed E-state index contributed by atoms with van der Waals surface area (Å²) in [5.41, 5.74) is 4.68. The normalized spacial score (nSPS) is 20.8. The summed E-state index contributed by atoms with van der Waals surface area (Å²) in [6, 6.07) is 16.5. The molecule has 1 saturated heterocycles. The molecule has 0 aromatic heterocycles. The first kappa shape index (κ1) is 17.7. The molecule has 26 heavy (non-hydrogen) atoms. The minimum absolute atomic E-state index is 0.112. The topological polar surface area (TPSA) is 55.4 Å². The van der Waals surface area contributed by atoms with Gasteiger partial charge in [0.15, 0.2) is 0 Å². The molecule has 1 atom stereocenters. The van der Waals surface area contributed by atoms with Crippen molar-refractivity contribution in [1.82, 2.24) is 4.72 Å². The zero-order valence-electron chi connectivity index (χ0n) is 14.9. The number of hydrogen-bond donors (Lipinski definition) is 1. The molecule has 1 aliphatic carbocycles. The summed E-state index contributed by atoms with van der Waals surface area (Å²) in [6.07, 6.45) is 3.43. The van der Waals surface area contributed by atoms with E-state index in [9.17, 15) is 8.42 Å². The molecule has 2 aliphatic rings. The Morgan fingerprint density at radius 3 is 2.50 bits per heavy atom. The summed E-state index contributed by atoms with van der Waals surface area (Å²) >= 11 is 0. The Morgan fingerprint density at radius 2 is 1.73 bits per heavy atom. The van der Waals surface area contributed by atoms with Crippen LogP contribution in [0.1, 0.15) is 36.4 Å². The van der Waals surface area contributed by atoms with Gasteiger partial charge in [0, 0.05) is 19.3 Å². The van der Waals surface area contributed by atoms with Crippen LogP contribution in [0.5, 0.6) is 0 Å². The molecule has 2 aromatic rings. The first-order valence-corrected chi connectivity index (χ1v) is 11.0. The maximum absolute atomic E-state index is 12.7. The summed E-state index contributed by atoms with van der Waals surface area (Å²) in [5, 5.41) is 0. The van der Waals surface area contributed by atoms with Crippen LogP contribution in [0.15, 0.2) is 48.5 Å². The molecule has 2 aromatic carbocycles. The number of nitrogens with one attached hydrogen (secondary N) is 1. The van der Waals surface area contributed by atoms with Crippen LogP contribution in [0.25, 0.3) is 11.1 Å². The van der Waals surface area contributed by atoms with Crippen LogP contribution < -0.4 is 4.72 Å². The smallest absolute Gasteiger partial charge is 0.212 e. The van der Waals surface area contributed by atoms with Crippen LogP contribution in [0.4, 0.5) is 0 Å². The lowest BCUT2D eigenvalue weighted by molar-refractivity contribution is 0.0723. The quantitative estimate of drug-likeness (QED) is 0.872. The molecule has 0 amide bonds. The second kappa shape index (κ2) is 7.51. The molecular formula is C21H25NO3S. The first-order valence-electron chi connectivity index (χ1n) is 9.37. The number of benzene rings is 2. The average Bonchev–Trinajstić information content (AvgIpc) is 3.04. The highest BCUT2D eigenvalue weighted by atomic mass is 32.2. The summed E-state index contributed by atoms with van der Waals surface area (Å²) in [6.45, 7) is 1.35. The lowest BCUT2D eigenvalue weighted by atomic mass is 10.00. The van der Waals surface area contributed by atoms with E-state index in [0.29, 0.717) is 13.2 Å². The Hall–Kier alpha value is -1.69. The summed E-state index contributed by atoms with van der Waals surface area (Å²) in [7, 11) is -3.29. The van der Waals surface area contributed by atoms with E-state index in [1.807, 2.05) is 18.2 Å². The van der Waals surface area contributed by atoms with Gasteiger partial charge in [0.2, 0.25) is 10.0 Å². The van der Waals surface area contributed by atoms with Crippen molar-refractivity contribution in [3.63, 3.8) is 0 Å². The van der Waals surface area contributed by atoms with Crippen molar-refractivity contribution < 1.29 is 13.2 Å². The minimum Gasteiger partial charge on any atom is -0.381 e. The monoisotopic (exact) mass is 371 g/mol. The third-order valence-corrected chi connectivity index (χ3v) is 7.00. The molecule has 4 rings (SSSR count). The number of hydrogen-bond acceptors (Lipinski definition) is 3. The molecule has 1 aliphatic heterocycles. The van der Waals surface area contributed by atoms with Crippen molar-refractivity contribution in [3.05, 3.63) is 59.7 Å². The molecular weight excluding hydrogens is 346 g/mol. The zero-order valence-corrected chi connectivity index (χ0v) is 15.7. The van der Waals surface area contributed by atoms with Gasteiger partial charge in [-0.1, -0.05) is 42.5 Å². The Kier molecular flexibility index (Phi) is 5.11. The van der Waals surface area contributed by atoms with Crippen molar-refractivity contribution in [2.45, 2.75) is 31.7 Å². The van der Waals surface area contributed by atoms with E-state index in [0.717, 1.165) is 42.4 Å². The van der Waals surface area contributed by atoms with Crippen LogP contribution in [-0.2, 0) is 21.2 Å². The van der Waals surface area contributed by atoms with Crippen LogP contribution in [-0.4, -0.2) is 27.4 Å². The van der Waals surface area contributed by atoms with Gasteiger partial charge in [0.25, 0.3) is 0 Å². The van der Waals surface area contributed by atoms with Gasteiger partial charge in [-0.15, -0.1) is 0 Å². The van der Waals surface area contributed by atoms with Gasteiger partial charge in [0.1, 0.15) is 0 Å². The van der Waals surface area contributed by atoms with Gasteiger partial charge in [-0.3, -0.25) is 0 Å². The van der Waals surface area contributed by atoms with Crippen LogP contribution >= 0.6 is 0 Å². The fraction of sp³-hybridized carbons (Fsp3) is 0.429. The fourth-order valence-electron chi connectivity index (χ4n) is 4.02. The maximum atomic E-state index is 12.7. The van der Waals surface area contributed by atoms with Crippen molar-refractivity contribution >= 4 is 10.0 Å². The van der Waals surface area contributed by atoms with Gasteiger partial charge in [-0.05, 0) is 59.9 Å². The van der Waals surface area contributed by atoms with E-state index in [-0.39, 0.29) is 17.7 Å². The molecule has 4 nitrogen and oxygen atoms in total. The predicted octanol–water partition coefficient (Wildman–Crippen LogP) is 3.69. The van der Waals surface area contributed by atoms with Crippen molar-refractivity contribution in [3.8, 4) is 11.1 Å².